The molecule has 0 radical (unpaired) electrons. The Morgan fingerprint density at radius 2 is 2.38 bits per heavy atom. The highest BCUT2D eigenvalue weighted by Crippen LogP contribution is 2.16. The van der Waals surface area contributed by atoms with Crippen LogP contribution in [0, 0.1) is 0 Å². The van der Waals surface area contributed by atoms with Gasteiger partial charge in [-0.3, -0.25) is 9.19 Å². The van der Waals surface area contributed by atoms with Gasteiger partial charge in [0.05, 0.1) is 11.4 Å². The Balaban J connectivity index is 2.38. The van der Waals surface area contributed by atoms with E-state index < -0.39 is 10.8 Å². The van der Waals surface area contributed by atoms with Crippen molar-refractivity contribution in [2.24, 2.45) is 0 Å². The van der Waals surface area contributed by atoms with E-state index in [1.807, 2.05) is 0 Å². The summed E-state index contributed by atoms with van der Waals surface area (Å²) in [6.45, 7) is 2.09. The van der Waals surface area contributed by atoms with Crippen LogP contribution in [0.5, 0.6) is 0 Å². The second-order valence-electron chi connectivity index (χ2n) is 3.30. The number of aromatic nitrogens is 1. The molecule has 1 atom stereocenters. The Hall–Kier alpha value is -0.700. The average Bonchev–Trinajstić information content (AvgIpc) is 2.16. The standard InChI is InChI=1S/C10H13NOS/c1-2-9-4-3-8-5-6-13(12)7-10(8)11-9/h3-4H,2,5-7H2,1H3. The van der Waals surface area contributed by atoms with E-state index in [1.54, 1.807) is 0 Å². The van der Waals surface area contributed by atoms with Crippen molar-refractivity contribution in [2.45, 2.75) is 25.5 Å². The third kappa shape index (κ3) is 1.80. The molecule has 1 aromatic rings. The first-order valence-electron chi connectivity index (χ1n) is 4.62. The zero-order valence-corrected chi connectivity index (χ0v) is 8.56. The van der Waals surface area contributed by atoms with Crippen LogP contribution >= 0.6 is 0 Å². The lowest BCUT2D eigenvalue weighted by Crippen LogP contribution is -2.15. The molecule has 0 bridgehead atoms. The quantitative estimate of drug-likeness (QED) is 0.679. The predicted octanol–water partition coefficient (Wildman–Crippen LogP) is 1.45. The highest BCUT2D eigenvalue weighted by molar-refractivity contribution is 7.84. The van der Waals surface area contributed by atoms with Crippen molar-refractivity contribution in [3.8, 4) is 0 Å². The monoisotopic (exact) mass is 195 g/mol. The molecular formula is C10H13NOS. The Morgan fingerprint density at radius 1 is 1.54 bits per heavy atom. The van der Waals surface area contributed by atoms with Crippen LogP contribution < -0.4 is 0 Å². The van der Waals surface area contributed by atoms with Crippen molar-refractivity contribution in [3.05, 3.63) is 29.1 Å². The molecule has 3 heteroatoms. The molecule has 0 fully saturated rings. The van der Waals surface area contributed by atoms with Crippen molar-refractivity contribution < 1.29 is 4.21 Å². The number of hydrogen-bond donors (Lipinski definition) is 0. The highest BCUT2D eigenvalue weighted by atomic mass is 32.2. The van der Waals surface area contributed by atoms with E-state index in [9.17, 15) is 4.21 Å². The van der Waals surface area contributed by atoms with E-state index in [-0.39, 0.29) is 0 Å². The van der Waals surface area contributed by atoms with Crippen LogP contribution in [0.3, 0.4) is 0 Å². The minimum Gasteiger partial charge on any atom is -0.259 e. The third-order valence-electron chi connectivity index (χ3n) is 2.39. The van der Waals surface area contributed by atoms with Gasteiger partial charge in [0.15, 0.2) is 0 Å². The lowest BCUT2D eigenvalue weighted by atomic mass is 10.1. The number of aryl methyl sites for hydroxylation is 2. The van der Waals surface area contributed by atoms with Crippen LogP contribution in [0.25, 0.3) is 0 Å². The molecular weight excluding hydrogens is 182 g/mol. The Morgan fingerprint density at radius 3 is 3.15 bits per heavy atom. The van der Waals surface area contributed by atoms with Gasteiger partial charge in [-0.05, 0) is 24.5 Å². The fourth-order valence-corrected chi connectivity index (χ4v) is 2.72. The first-order chi connectivity index (χ1) is 6.29. The number of fused-ring (bicyclic) bond motifs is 1. The first-order valence-corrected chi connectivity index (χ1v) is 6.11. The van der Waals surface area contributed by atoms with Crippen molar-refractivity contribution in [3.63, 3.8) is 0 Å². The smallest absolute Gasteiger partial charge is 0.0661 e. The minimum absolute atomic E-state index is 0.656. The van der Waals surface area contributed by atoms with E-state index in [1.165, 1.54) is 5.56 Å². The maximum Gasteiger partial charge on any atom is 0.0661 e. The molecule has 0 aromatic carbocycles. The van der Waals surface area contributed by atoms with Crippen LogP contribution in [0.15, 0.2) is 12.1 Å². The summed E-state index contributed by atoms with van der Waals surface area (Å²) in [7, 11) is -0.674. The molecule has 0 spiro atoms. The maximum absolute atomic E-state index is 11.3. The second kappa shape index (κ2) is 3.58. The normalized spacial score (nSPS) is 21.2. The first kappa shape index (κ1) is 8.88. The molecule has 1 aliphatic heterocycles. The minimum atomic E-state index is -0.674. The summed E-state index contributed by atoms with van der Waals surface area (Å²) < 4.78 is 11.3. The number of rotatable bonds is 1. The van der Waals surface area contributed by atoms with Gasteiger partial charge < -0.3 is 0 Å². The SMILES string of the molecule is CCc1ccc2c(n1)CS(=O)CC2. The van der Waals surface area contributed by atoms with E-state index in [0.717, 1.165) is 30.0 Å². The number of nitrogens with zero attached hydrogens (tertiary/aromatic N) is 1. The predicted molar refractivity (Wildman–Crippen MR) is 54.0 cm³/mol. The van der Waals surface area contributed by atoms with Crippen LogP contribution in [-0.2, 0) is 29.4 Å². The zero-order valence-electron chi connectivity index (χ0n) is 7.75. The fraction of sp³-hybridized carbons (Fsp3) is 0.500. The molecule has 0 aliphatic carbocycles. The van der Waals surface area contributed by atoms with Crippen LogP contribution in [-0.4, -0.2) is 14.9 Å². The van der Waals surface area contributed by atoms with Crippen LogP contribution in [0.2, 0.25) is 0 Å². The molecule has 13 heavy (non-hydrogen) atoms. The zero-order chi connectivity index (χ0) is 9.26. The molecule has 1 aromatic heterocycles. The molecule has 0 N–H and O–H groups in total. The van der Waals surface area contributed by atoms with E-state index in [2.05, 4.69) is 24.0 Å². The van der Waals surface area contributed by atoms with Crippen LogP contribution in [0.4, 0.5) is 0 Å². The lowest BCUT2D eigenvalue weighted by molar-refractivity contribution is 0.678. The molecule has 2 rings (SSSR count). The van der Waals surface area contributed by atoms with Gasteiger partial charge in [-0.1, -0.05) is 13.0 Å². The molecule has 70 valence electrons. The molecule has 2 nitrogen and oxygen atoms in total. The van der Waals surface area contributed by atoms with Crippen molar-refractivity contribution in [1.82, 2.24) is 4.98 Å². The number of pyridine rings is 1. The third-order valence-corrected chi connectivity index (χ3v) is 3.64. The highest BCUT2D eigenvalue weighted by Gasteiger charge is 2.15. The van der Waals surface area contributed by atoms with E-state index in [0.29, 0.717) is 5.75 Å². The summed E-state index contributed by atoms with van der Waals surface area (Å²) in [5, 5.41) is 0. The Labute approximate surface area is 80.8 Å². The van der Waals surface area contributed by atoms with Gasteiger partial charge in [-0.2, -0.15) is 0 Å². The summed E-state index contributed by atoms with van der Waals surface area (Å²) in [4.78, 5) is 4.49. The molecule has 1 unspecified atom stereocenters. The Kier molecular flexibility index (Phi) is 2.44. The van der Waals surface area contributed by atoms with Crippen molar-refractivity contribution in [1.29, 1.82) is 0 Å². The van der Waals surface area contributed by atoms with Gasteiger partial charge in [0.2, 0.25) is 0 Å². The number of hydrogen-bond acceptors (Lipinski definition) is 2. The average molecular weight is 195 g/mol. The van der Waals surface area contributed by atoms with Crippen molar-refractivity contribution >= 4 is 10.8 Å². The van der Waals surface area contributed by atoms with Gasteiger partial charge in [0, 0.05) is 22.2 Å². The summed E-state index contributed by atoms with van der Waals surface area (Å²) >= 11 is 0. The summed E-state index contributed by atoms with van der Waals surface area (Å²) in [6, 6.07) is 4.21. The topological polar surface area (TPSA) is 30.0 Å². The summed E-state index contributed by atoms with van der Waals surface area (Å²) in [5.74, 6) is 1.46. The van der Waals surface area contributed by atoms with Crippen LogP contribution in [0.1, 0.15) is 23.9 Å². The van der Waals surface area contributed by atoms with Gasteiger partial charge in [-0.25, -0.2) is 0 Å². The Bertz CT molecular complexity index is 349. The van der Waals surface area contributed by atoms with Crippen molar-refractivity contribution in [2.75, 3.05) is 5.75 Å². The molecule has 0 saturated heterocycles. The second-order valence-corrected chi connectivity index (χ2v) is 4.88. The molecule has 0 amide bonds. The molecule has 0 saturated carbocycles. The summed E-state index contributed by atoms with van der Waals surface area (Å²) in [5.41, 5.74) is 3.46. The van der Waals surface area contributed by atoms with Gasteiger partial charge in [-0.15, -0.1) is 0 Å². The van der Waals surface area contributed by atoms with E-state index in [4.69, 9.17) is 0 Å². The van der Waals surface area contributed by atoms with Gasteiger partial charge in [0.1, 0.15) is 0 Å². The molecule has 2 heterocycles. The maximum atomic E-state index is 11.3. The van der Waals surface area contributed by atoms with E-state index >= 15 is 0 Å². The molecule has 1 aliphatic rings. The van der Waals surface area contributed by atoms with Gasteiger partial charge in [0.25, 0.3) is 0 Å². The largest absolute Gasteiger partial charge is 0.259 e. The van der Waals surface area contributed by atoms with Gasteiger partial charge >= 0.3 is 0 Å². The lowest BCUT2D eigenvalue weighted by Gasteiger charge is -2.14. The summed E-state index contributed by atoms with van der Waals surface area (Å²) in [6.07, 6.45) is 1.89. The fourth-order valence-electron chi connectivity index (χ4n) is 1.57.